The van der Waals surface area contributed by atoms with Gasteiger partial charge in [0.25, 0.3) is 0 Å². The normalized spacial score (nSPS) is 15.2. The van der Waals surface area contributed by atoms with E-state index in [-0.39, 0.29) is 0 Å². The van der Waals surface area contributed by atoms with E-state index in [1.165, 1.54) is 77.2 Å². The lowest BCUT2D eigenvalue weighted by Crippen LogP contribution is -2.51. The number of para-hydroxylation sites is 1. The summed E-state index contributed by atoms with van der Waals surface area (Å²) in [6, 6.07) is 30.7. The lowest BCUT2D eigenvalue weighted by Gasteiger charge is -2.36. The maximum atomic E-state index is 2.68. The van der Waals surface area contributed by atoms with Gasteiger partial charge in [0, 0.05) is 34.7 Å². The SMILES string of the molecule is CCCCc1ccc2c(c1)Cc1c-2ccc(CCCC)c1[Si](C)(C)C1c2ccccc2-c2c1n(C)c1ccccc21. The molecule has 0 bridgehead atoms. The first-order valence-corrected chi connectivity index (χ1v) is 19.0. The third-order valence-corrected chi connectivity index (χ3v) is 14.1. The van der Waals surface area contributed by atoms with Crippen molar-refractivity contribution in [3.8, 4) is 22.3 Å². The second kappa shape index (κ2) is 10.2. The molecule has 0 fully saturated rings. The molecular weight excluding hydrogens is 511 g/mol. The molecule has 1 aromatic heterocycles. The number of nitrogens with zero attached hydrogens (tertiary/aromatic N) is 1. The van der Waals surface area contributed by atoms with Gasteiger partial charge in [0.05, 0.1) is 8.07 Å². The first-order valence-electron chi connectivity index (χ1n) is 15.9. The maximum Gasteiger partial charge on any atom is 0.0954 e. The Morgan fingerprint density at radius 3 is 2.34 bits per heavy atom. The Morgan fingerprint density at radius 1 is 0.780 bits per heavy atom. The van der Waals surface area contributed by atoms with Crippen molar-refractivity contribution in [1.29, 1.82) is 0 Å². The quantitative estimate of drug-likeness (QED) is 0.165. The molecule has 0 radical (unpaired) electrons. The van der Waals surface area contributed by atoms with Crippen molar-refractivity contribution in [3.63, 3.8) is 0 Å². The topological polar surface area (TPSA) is 4.93 Å². The van der Waals surface area contributed by atoms with E-state index in [0.717, 1.165) is 6.42 Å². The number of aryl methyl sites for hydroxylation is 3. The molecule has 0 amide bonds. The molecule has 7 rings (SSSR count). The molecule has 208 valence electrons. The second-order valence-corrected chi connectivity index (χ2v) is 17.6. The zero-order valence-corrected chi connectivity index (χ0v) is 26.5. The third-order valence-electron chi connectivity index (χ3n) is 10.2. The summed E-state index contributed by atoms with van der Waals surface area (Å²) in [5.74, 6) is 0. The van der Waals surface area contributed by atoms with Gasteiger partial charge in [-0.1, -0.05) is 118 Å². The molecular formula is C39H43NSi. The fraction of sp³-hybridized carbons (Fsp3) is 0.333. The van der Waals surface area contributed by atoms with Crippen LogP contribution in [0.4, 0.5) is 0 Å². The zero-order chi connectivity index (χ0) is 28.3. The van der Waals surface area contributed by atoms with Crippen LogP contribution in [0.5, 0.6) is 0 Å². The van der Waals surface area contributed by atoms with Gasteiger partial charge in [-0.3, -0.25) is 0 Å². The Kier molecular flexibility index (Phi) is 6.58. The first kappa shape index (κ1) is 26.5. The highest BCUT2D eigenvalue weighted by Gasteiger charge is 2.47. The van der Waals surface area contributed by atoms with Crippen molar-refractivity contribution in [2.45, 2.75) is 77.4 Å². The summed E-state index contributed by atoms with van der Waals surface area (Å²) in [6.45, 7) is 9.99. The average Bonchev–Trinajstić information content (AvgIpc) is 3.62. The number of aromatic nitrogens is 1. The lowest BCUT2D eigenvalue weighted by molar-refractivity contribution is 0.794. The first-order chi connectivity index (χ1) is 20.0. The molecule has 2 heteroatoms. The van der Waals surface area contributed by atoms with Crippen LogP contribution in [-0.2, 0) is 26.3 Å². The number of hydrogen-bond donors (Lipinski definition) is 0. The van der Waals surface area contributed by atoms with Crippen molar-refractivity contribution >= 4 is 24.2 Å². The van der Waals surface area contributed by atoms with Crippen LogP contribution in [0.15, 0.2) is 78.9 Å². The Hall–Kier alpha value is -3.36. The van der Waals surface area contributed by atoms with Crippen molar-refractivity contribution in [1.82, 2.24) is 4.57 Å². The van der Waals surface area contributed by atoms with E-state index in [1.807, 2.05) is 0 Å². The van der Waals surface area contributed by atoms with Crippen LogP contribution in [0.2, 0.25) is 13.1 Å². The van der Waals surface area contributed by atoms with Gasteiger partial charge < -0.3 is 4.57 Å². The third kappa shape index (κ3) is 4.01. The van der Waals surface area contributed by atoms with Gasteiger partial charge in [0.2, 0.25) is 0 Å². The Bertz CT molecular complexity index is 1790. The molecule has 1 heterocycles. The maximum absolute atomic E-state index is 2.68. The largest absolute Gasteiger partial charge is 0.347 e. The van der Waals surface area contributed by atoms with Crippen molar-refractivity contribution in [2.75, 3.05) is 0 Å². The number of fused-ring (bicyclic) bond motifs is 8. The van der Waals surface area contributed by atoms with Crippen LogP contribution in [0.1, 0.15) is 78.6 Å². The number of rotatable bonds is 8. The van der Waals surface area contributed by atoms with Gasteiger partial charge in [0.15, 0.2) is 0 Å². The van der Waals surface area contributed by atoms with E-state index in [1.54, 1.807) is 33.1 Å². The van der Waals surface area contributed by atoms with Crippen LogP contribution < -0.4 is 5.19 Å². The van der Waals surface area contributed by atoms with E-state index >= 15 is 0 Å². The summed E-state index contributed by atoms with van der Waals surface area (Å²) in [6.07, 6.45) is 8.48. The van der Waals surface area contributed by atoms with Gasteiger partial charge >= 0.3 is 0 Å². The lowest BCUT2D eigenvalue weighted by atomic mass is 9.99. The monoisotopic (exact) mass is 553 g/mol. The van der Waals surface area contributed by atoms with Gasteiger partial charge in [0.1, 0.15) is 0 Å². The molecule has 2 aliphatic rings. The molecule has 4 aromatic carbocycles. The summed E-state index contributed by atoms with van der Waals surface area (Å²) in [5.41, 5.74) is 17.1. The van der Waals surface area contributed by atoms with E-state index in [2.05, 4.69) is 117 Å². The molecule has 1 unspecified atom stereocenters. The molecule has 41 heavy (non-hydrogen) atoms. The van der Waals surface area contributed by atoms with E-state index in [9.17, 15) is 0 Å². The van der Waals surface area contributed by atoms with Crippen LogP contribution in [0.25, 0.3) is 33.2 Å². The summed E-state index contributed by atoms with van der Waals surface area (Å²) < 4.78 is 2.54. The van der Waals surface area contributed by atoms with Crippen molar-refractivity contribution in [3.05, 3.63) is 112 Å². The van der Waals surface area contributed by atoms with Crippen LogP contribution in [0.3, 0.4) is 0 Å². The number of benzene rings is 4. The smallest absolute Gasteiger partial charge is 0.0954 e. The molecule has 1 atom stereocenters. The van der Waals surface area contributed by atoms with Crippen molar-refractivity contribution in [2.24, 2.45) is 7.05 Å². The minimum Gasteiger partial charge on any atom is -0.347 e. The van der Waals surface area contributed by atoms with Gasteiger partial charge in [-0.05, 0) is 82.7 Å². The average molecular weight is 554 g/mol. The zero-order valence-electron chi connectivity index (χ0n) is 25.5. The Labute approximate surface area is 247 Å². The Morgan fingerprint density at radius 2 is 1.51 bits per heavy atom. The highest BCUT2D eigenvalue weighted by molar-refractivity contribution is 6.92. The molecule has 0 saturated heterocycles. The molecule has 0 saturated carbocycles. The number of hydrogen-bond acceptors (Lipinski definition) is 0. The minimum atomic E-state index is -2.09. The van der Waals surface area contributed by atoms with Crippen molar-refractivity contribution < 1.29 is 0 Å². The molecule has 0 spiro atoms. The Balaban J connectivity index is 1.44. The van der Waals surface area contributed by atoms with E-state index in [0.29, 0.717) is 5.54 Å². The van der Waals surface area contributed by atoms with Gasteiger partial charge in [-0.15, -0.1) is 0 Å². The second-order valence-electron chi connectivity index (χ2n) is 13.1. The van der Waals surface area contributed by atoms with Crippen LogP contribution in [0, 0.1) is 0 Å². The van der Waals surface area contributed by atoms with Gasteiger partial charge in [-0.25, -0.2) is 0 Å². The van der Waals surface area contributed by atoms with Gasteiger partial charge in [-0.2, -0.15) is 0 Å². The fourth-order valence-electron chi connectivity index (χ4n) is 8.33. The molecule has 2 aliphatic carbocycles. The summed E-state index contributed by atoms with van der Waals surface area (Å²) in [7, 11) is 0.222. The minimum absolute atomic E-state index is 0.432. The molecule has 0 aliphatic heterocycles. The van der Waals surface area contributed by atoms with E-state index in [4.69, 9.17) is 0 Å². The van der Waals surface area contributed by atoms with Crippen LogP contribution >= 0.6 is 0 Å². The highest BCUT2D eigenvalue weighted by Crippen LogP contribution is 2.53. The molecule has 5 aromatic rings. The van der Waals surface area contributed by atoms with E-state index < -0.39 is 8.07 Å². The highest BCUT2D eigenvalue weighted by atomic mass is 28.3. The number of unbranched alkanes of at least 4 members (excludes halogenated alkanes) is 2. The summed E-state index contributed by atoms with van der Waals surface area (Å²) in [5, 5.41) is 3.15. The predicted octanol–water partition coefficient (Wildman–Crippen LogP) is 9.70. The summed E-state index contributed by atoms with van der Waals surface area (Å²) >= 11 is 0. The summed E-state index contributed by atoms with van der Waals surface area (Å²) in [4.78, 5) is 0. The fourth-order valence-corrected chi connectivity index (χ4v) is 12.7. The van der Waals surface area contributed by atoms with Crippen LogP contribution in [-0.4, -0.2) is 12.6 Å². The molecule has 1 nitrogen and oxygen atoms in total. The standard InChI is InChI=1S/C39H43NSi/c1-6-8-14-26-20-22-29-28(24-26)25-34-30(29)23-21-27(15-9-7-2)38(34)41(4,5)39-32-17-11-10-16-31(32)36-33-18-12-13-19-35(33)40(3)37(36)39/h10-13,16-24,39H,6-9,14-15,25H2,1-5H3. The molecule has 0 N–H and O–H groups in total. The predicted molar refractivity (Wildman–Crippen MR) is 179 cm³/mol.